The molecule has 0 amide bonds. The van der Waals surface area contributed by atoms with Crippen LogP contribution in [0.1, 0.15) is 32.9 Å². The van der Waals surface area contributed by atoms with Crippen molar-refractivity contribution in [1.29, 1.82) is 0 Å². The molecule has 0 bridgehead atoms. The van der Waals surface area contributed by atoms with Gasteiger partial charge in [0.05, 0.1) is 12.3 Å². The number of methoxy groups -OCH3 is 1. The second kappa shape index (κ2) is 9.72. The normalized spacial score (nSPS) is 11.1. The molecule has 4 heteroatoms. The van der Waals surface area contributed by atoms with Gasteiger partial charge >= 0.3 is 0 Å². The van der Waals surface area contributed by atoms with Crippen LogP contribution in [0.5, 0.6) is 0 Å². The number of hydrogen-bond acceptors (Lipinski definition) is 4. The number of hydrogen-bond donors (Lipinski definition) is 1. The van der Waals surface area contributed by atoms with Gasteiger partial charge in [0, 0.05) is 26.7 Å². The van der Waals surface area contributed by atoms with E-state index in [0.29, 0.717) is 5.92 Å². The third-order valence-electron chi connectivity index (χ3n) is 3.00. The molecule has 0 aliphatic rings. The van der Waals surface area contributed by atoms with Crippen LogP contribution in [0.4, 0.5) is 5.82 Å². The van der Waals surface area contributed by atoms with Gasteiger partial charge < -0.3 is 15.0 Å². The number of rotatable bonds is 10. The van der Waals surface area contributed by atoms with Crippen LogP contribution in [0.3, 0.4) is 0 Å². The lowest BCUT2D eigenvalue weighted by molar-refractivity contribution is 0.204. The first-order valence-corrected chi connectivity index (χ1v) is 7.57. The van der Waals surface area contributed by atoms with E-state index in [2.05, 4.69) is 49.2 Å². The van der Waals surface area contributed by atoms with E-state index in [4.69, 9.17) is 9.72 Å². The largest absolute Gasteiger partial charge is 0.383 e. The van der Waals surface area contributed by atoms with E-state index >= 15 is 0 Å². The molecule has 1 heterocycles. The maximum absolute atomic E-state index is 5.20. The quantitative estimate of drug-likeness (QED) is 0.668. The Balaban J connectivity index is 2.70. The highest BCUT2D eigenvalue weighted by molar-refractivity contribution is 5.39. The van der Waals surface area contributed by atoms with Gasteiger partial charge in [-0.3, -0.25) is 0 Å². The van der Waals surface area contributed by atoms with Crippen molar-refractivity contribution in [2.45, 2.75) is 33.7 Å². The van der Waals surface area contributed by atoms with Crippen LogP contribution in [0.2, 0.25) is 0 Å². The molecule has 0 unspecified atom stereocenters. The van der Waals surface area contributed by atoms with Gasteiger partial charge in [0.1, 0.15) is 5.82 Å². The average Bonchev–Trinajstić information content (AvgIpc) is 2.44. The summed E-state index contributed by atoms with van der Waals surface area (Å²) in [4.78, 5) is 7.06. The Labute approximate surface area is 123 Å². The monoisotopic (exact) mass is 279 g/mol. The molecule has 0 radical (unpaired) electrons. The molecule has 0 aromatic carbocycles. The summed E-state index contributed by atoms with van der Waals surface area (Å²) >= 11 is 0. The lowest BCUT2D eigenvalue weighted by atomic mass is 10.2. The van der Waals surface area contributed by atoms with Crippen molar-refractivity contribution in [2.75, 3.05) is 38.3 Å². The van der Waals surface area contributed by atoms with Crippen molar-refractivity contribution in [2.24, 2.45) is 5.92 Å². The Morgan fingerprint density at radius 3 is 2.80 bits per heavy atom. The number of aromatic nitrogens is 1. The van der Waals surface area contributed by atoms with E-state index in [1.165, 1.54) is 0 Å². The van der Waals surface area contributed by atoms with Gasteiger partial charge in [-0.05, 0) is 31.0 Å². The summed E-state index contributed by atoms with van der Waals surface area (Å²) in [5.74, 6) is 1.65. The second-order valence-corrected chi connectivity index (χ2v) is 5.50. The molecule has 20 heavy (non-hydrogen) atoms. The molecule has 1 N–H and O–H groups in total. The summed E-state index contributed by atoms with van der Waals surface area (Å²) in [7, 11) is 1.74. The zero-order valence-electron chi connectivity index (χ0n) is 13.4. The van der Waals surface area contributed by atoms with E-state index in [9.17, 15) is 0 Å². The average molecular weight is 279 g/mol. The molecule has 0 saturated heterocycles. The lowest BCUT2D eigenvalue weighted by Crippen LogP contribution is -2.32. The molecule has 1 aromatic heterocycles. The maximum atomic E-state index is 5.20. The van der Waals surface area contributed by atoms with Gasteiger partial charge in [-0.25, -0.2) is 4.98 Å². The first kappa shape index (κ1) is 16.9. The summed E-state index contributed by atoms with van der Waals surface area (Å²) in [5.41, 5.74) is 1.10. The number of nitrogens with zero attached hydrogens (tertiary/aromatic N) is 2. The van der Waals surface area contributed by atoms with E-state index < -0.39 is 0 Å². The molecule has 0 saturated carbocycles. The molecule has 0 aliphatic carbocycles. The van der Waals surface area contributed by atoms with Gasteiger partial charge in [-0.15, -0.1) is 0 Å². The highest BCUT2D eigenvalue weighted by atomic mass is 16.5. The van der Waals surface area contributed by atoms with Crippen molar-refractivity contribution in [1.82, 2.24) is 10.3 Å². The Morgan fingerprint density at radius 1 is 1.35 bits per heavy atom. The summed E-state index contributed by atoms with van der Waals surface area (Å²) in [5, 5.41) is 3.40. The van der Waals surface area contributed by atoms with Crippen molar-refractivity contribution in [3.05, 3.63) is 23.9 Å². The summed E-state index contributed by atoms with van der Waals surface area (Å²) in [6.45, 7) is 11.1. The molecular weight excluding hydrogens is 250 g/mol. The lowest BCUT2D eigenvalue weighted by Gasteiger charge is -2.25. The zero-order valence-corrected chi connectivity index (χ0v) is 13.4. The standard InChI is InChI=1S/C16H29N3O/c1-5-9-17-12-15-7-6-8-16(18-15)19(10-11-20-4)13-14(2)3/h6-8,14,17H,5,9-13H2,1-4H3. The van der Waals surface area contributed by atoms with Crippen LogP contribution in [-0.2, 0) is 11.3 Å². The topological polar surface area (TPSA) is 37.4 Å². The predicted molar refractivity (Wildman–Crippen MR) is 85.2 cm³/mol. The summed E-state index contributed by atoms with van der Waals surface area (Å²) < 4.78 is 5.20. The van der Waals surface area contributed by atoms with Crippen LogP contribution in [0.15, 0.2) is 18.2 Å². The van der Waals surface area contributed by atoms with Gasteiger partial charge in [-0.2, -0.15) is 0 Å². The SMILES string of the molecule is CCCNCc1cccc(N(CCOC)CC(C)C)n1. The van der Waals surface area contributed by atoms with Crippen molar-refractivity contribution in [3.8, 4) is 0 Å². The highest BCUT2D eigenvalue weighted by Gasteiger charge is 2.10. The molecule has 0 spiro atoms. The Hall–Kier alpha value is -1.13. The van der Waals surface area contributed by atoms with Gasteiger partial charge in [0.25, 0.3) is 0 Å². The van der Waals surface area contributed by atoms with Crippen molar-refractivity contribution < 1.29 is 4.74 Å². The van der Waals surface area contributed by atoms with Crippen LogP contribution in [-0.4, -0.2) is 38.3 Å². The fourth-order valence-electron chi connectivity index (χ4n) is 2.08. The fourth-order valence-corrected chi connectivity index (χ4v) is 2.08. The molecule has 114 valence electrons. The molecule has 0 atom stereocenters. The third-order valence-corrected chi connectivity index (χ3v) is 3.00. The summed E-state index contributed by atoms with van der Waals surface area (Å²) in [6, 6.07) is 6.25. The fraction of sp³-hybridized carbons (Fsp3) is 0.688. The minimum absolute atomic E-state index is 0.607. The number of anilines is 1. The highest BCUT2D eigenvalue weighted by Crippen LogP contribution is 2.13. The van der Waals surface area contributed by atoms with Gasteiger partial charge in [0.15, 0.2) is 0 Å². The third kappa shape index (κ3) is 6.35. The molecule has 0 aliphatic heterocycles. The van der Waals surface area contributed by atoms with Crippen LogP contribution < -0.4 is 10.2 Å². The molecule has 1 aromatic rings. The van der Waals surface area contributed by atoms with Crippen molar-refractivity contribution in [3.63, 3.8) is 0 Å². The predicted octanol–water partition coefficient (Wildman–Crippen LogP) is 2.69. The van der Waals surface area contributed by atoms with Crippen LogP contribution in [0.25, 0.3) is 0 Å². The summed E-state index contributed by atoms with van der Waals surface area (Å²) in [6.07, 6.45) is 1.15. The van der Waals surface area contributed by atoms with Gasteiger partial charge in [-0.1, -0.05) is 26.8 Å². The van der Waals surface area contributed by atoms with E-state index in [-0.39, 0.29) is 0 Å². The Kier molecular flexibility index (Phi) is 8.23. The number of pyridine rings is 1. The first-order chi connectivity index (χ1) is 9.67. The van der Waals surface area contributed by atoms with Crippen LogP contribution in [0, 0.1) is 5.92 Å². The molecular formula is C16H29N3O. The maximum Gasteiger partial charge on any atom is 0.128 e. The van der Waals surface area contributed by atoms with Crippen LogP contribution >= 0.6 is 0 Å². The van der Waals surface area contributed by atoms with Crippen molar-refractivity contribution >= 4 is 5.82 Å². The Bertz CT molecular complexity index is 368. The second-order valence-electron chi connectivity index (χ2n) is 5.50. The minimum Gasteiger partial charge on any atom is -0.383 e. The zero-order chi connectivity index (χ0) is 14.8. The number of ether oxygens (including phenoxy) is 1. The van der Waals surface area contributed by atoms with E-state index in [1.54, 1.807) is 7.11 Å². The van der Waals surface area contributed by atoms with E-state index in [0.717, 1.165) is 50.7 Å². The molecule has 0 fully saturated rings. The molecule has 4 nitrogen and oxygen atoms in total. The van der Waals surface area contributed by atoms with Gasteiger partial charge in [0.2, 0.25) is 0 Å². The smallest absolute Gasteiger partial charge is 0.128 e. The Morgan fingerprint density at radius 2 is 2.15 bits per heavy atom. The number of nitrogens with one attached hydrogen (secondary N) is 1. The van der Waals surface area contributed by atoms with E-state index in [1.807, 2.05) is 0 Å². The minimum atomic E-state index is 0.607. The molecule has 1 rings (SSSR count). The first-order valence-electron chi connectivity index (χ1n) is 7.57.